The first-order valence-electron chi connectivity index (χ1n) is 8.72. The van der Waals surface area contributed by atoms with Crippen LogP contribution in [0.25, 0.3) is 17.5 Å². The summed E-state index contributed by atoms with van der Waals surface area (Å²) >= 11 is 0. The maximum absolute atomic E-state index is 5.53. The van der Waals surface area contributed by atoms with E-state index in [-0.39, 0.29) is 29.4 Å². The van der Waals surface area contributed by atoms with E-state index in [4.69, 9.17) is 9.15 Å². The van der Waals surface area contributed by atoms with E-state index in [9.17, 15) is 0 Å². The maximum Gasteiger partial charge on any atom is 0.209 e. The highest BCUT2D eigenvalue weighted by atomic mass is 127. The molecule has 0 unspecified atom stereocenters. The van der Waals surface area contributed by atoms with E-state index in [1.54, 1.807) is 13.4 Å². The van der Waals surface area contributed by atoms with E-state index < -0.39 is 0 Å². The van der Waals surface area contributed by atoms with Crippen LogP contribution in [-0.4, -0.2) is 29.4 Å². The van der Waals surface area contributed by atoms with Crippen LogP contribution in [0.15, 0.2) is 59.2 Å². The van der Waals surface area contributed by atoms with Gasteiger partial charge in [-0.3, -0.25) is 0 Å². The molecule has 0 spiro atoms. The Morgan fingerprint density at radius 3 is 2.56 bits per heavy atom. The van der Waals surface area contributed by atoms with Crippen molar-refractivity contribution in [2.75, 3.05) is 14.2 Å². The molecule has 1 aliphatic rings. The number of allylic oxidation sites excluding steroid dienone is 1. The number of H-pyrrole nitrogens is 1. The number of aromatic nitrogens is 1. The van der Waals surface area contributed by atoms with Crippen LogP contribution in [0.5, 0.6) is 5.75 Å². The van der Waals surface area contributed by atoms with Crippen LogP contribution in [0.3, 0.4) is 0 Å². The van der Waals surface area contributed by atoms with E-state index in [0.29, 0.717) is 0 Å². The van der Waals surface area contributed by atoms with Crippen molar-refractivity contribution in [2.24, 2.45) is 0 Å². The Bertz CT molecular complexity index is 1010. The third kappa shape index (κ3) is 3.25. The van der Waals surface area contributed by atoms with Gasteiger partial charge in [-0.25, -0.2) is 0 Å². The van der Waals surface area contributed by atoms with Crippen LogP contribution in [-0.2, 0) is 5.41 Å². The van der Waals surface area contributed by atoms with Crippen LogP contribution in [0.2, 0.25) is 0 Å². The fraction of sp³-hybridized carbons (Fsp3) is 0.227. The number of methoxy groups -OCH3 is 1. The molecule has 0 bridgehead atoms. The molecular formula is C22H23IN2O2. The van der Waals surface area contributed by atoms with Gasteiger partial charge < -0.3 is 38.1 Å². The van der Waals surface area contributed by atoms with Crippen LogP contribution < -0.4 is 28.7 Å². The number of aromatic amines is 1. The molecule has 1 N–H and O–H groups in total. The predicted molar refractivity (Wildman–Crippen MR) is 104 cm³/mol. The number of hydrogen-bond acceptors (Lipinski definition) is 2. The molecule has 3 heterocycles. The molecule has 0 amide bonds. The minimum Gasteiger partial charge on any atom is -1.00 e. The Balaban J connectivity index is 0.00000210. The molecule has 0 saturated heterocycles. The van der Waals surface area contributed by atoms with Gasteiger partial charge >= 0.3 is 0 Å². The largest absolute Gasteiger partial charge is 1.00 e. The number of ether oxygens (including phenoxy) is 1. The Morgan fingerprint density at radius 1 is 1.11 bits per heavy atom. The third-order valence-electron chi connectivity index (χ3n) is 5.17. The Labute approximate surface area is 176 Å². The number of hydrogen-bond donors (Lipinski definition) is 1. The fourth-order valence-corrected chi connectivity index (χ4v) is 3.77. The molecule has 0 aliphatic carbocycles. The molecule has 5 heteroatoms. The molecule has 3 aromatic rings. The first kappa shape index (κ1) is 19.5. The minimum atomic E-state index is -0.0501. The number of benzene rings is 1. The first-order valence-corrected chi connectivity index (χ1v) is 8.72. The van der Waals surface area contributed by atoms with Gasteiger partial charge in [0.1, 0.15) is 18.6 Å². The van der Waals surface area contributed by atoms with Gasteiger partial charge in [0.15, 0.2) is 5.71 Å². The average Bonchev–Trinajstić information content (AvgIpc) is 3.33. The number of nitrogens with one attached hydrogen (secondary N) is 1. The van der Waals surface area contributed by atoms with Crippen LogP contribution in [0.4, 0.5) is 5.69 Å². The highest BCUT2D eigenvalue weighted by molar-refractivity contribution is 6.05. The quantitative estimate of drug-likeness (QED) is 0.465. The molecule has 140 valence electrons. The molecule has 4 nitrogen and oxygen atoms in total. The van der Waals surface area contributed by atoms with Crippen LogP contribution >= 0.6 is 0 Å². The number of para-hydroxylation sites is 1. The normalized spacial score (nSPS) is 15.1. The summed E-state index contributed by atoms with van der Waals surface area (Å²) in [6.45, 7) is 4.52. The maximum atomic E-state index is 5.53. The molecular weight excluding hydrogens is 451 g/mol. The van der Waals surface area contributed by atoms with Gasteiger partial charge in [0, 0.05) is 23.8 Å². The Kier molecular flexibility index (Phi) is 5.33. The number of furan rings is 1. The summed E-state index contributed by atoms with van der Waals surface area (Å²) in [5.41, 5.74) is 5.62. The Hall–Kier alpha value is -2.28. The molecule has 0 fully saturated rings. The lowest BCUT2D eigenvalue weighted by atomic mass is 9.81. The number of fused-ring (bicyclic) bond motifs is 1. The van der Waals surface area contributed by atoms with Crippen molar-refractivity contribution in [3.05, 3.63) is 66.1 Å². The fourth-order valence-electron chi connectivity index (χ4n) is 3.77. The summed E-state index contributed by atoms with van der Waals surface area (Å²) in [6.07, 6.45) is 5.91. The molecule has 0 saturated carbocycles. The standard InChI is InChI=1S/C22H22N2O2.HI/c1-22(2)15-8-5-6-9-18(15)24(3)21(22)12-11-16-20(25-4)14-17(23-16)19-10-7-13-26-19;/h5-14H,1-4H3;1H. The van der Waals surface area contributed by atoms with E-state index in [1.165, 1.54) is 17.0 Å². The molecule has 2 aromatic heterocycles. The van der Waals surface area contributed by atoms with Gasteiger partial charge in [0.25, 0.3) is 0 Å². The second-order valence-corrected chi connectivity index (χ2v) is 7.06. The SMILES string of the molecule is COc1cc(-c2ccco2)[nH]c1/C=C/C1=[N+](C)c2ccccc2C1(C)C.[I-]. The third-order valence-corrected chi connectivity index (χ3v) is 5.17. The zero-order valence-corrected chi connectivity index (χ0v) is 18.1. The van der Waals surface area contributed by atoms with Crippen molar-refractivity contribution in [3.8, 4) is 17.2 Å². The minimum absolute atomic E-state index is 0. The van der Waals surface area contributed by atoms with Crippen molar-refractivity contribution in [3.63, 3.8) is 0 Å². The van der Waals surface area contributed by atoms with E-state index >= 15 is 0 Å². The lowest BCUT2D eigenvalue weighted by Crippen LogP contribution is -3.00. The lowest BCUT2D eigenvalue weighted by molar-refractivity contribution is -0.401. The number of rotatable bonds is 4. The van der Waals surface area contributed by atoms with Crippen molar-refractivity contribution >= 4 is 17.5 Å². The van der Waals surface area contributed by atoms with Gasteiger partial charge in [-0.15, -0.1) is 0 Å². The zero-order valence-electron chi connectivity index (χ0n) is 15.9. The number of halogens is 1. The molecule has 0 atom stereocenters. The van der Waals surface area contributed by atoms with E-state index in [1.807, 2.05) is 18.2 Å². The number of nitrogens with zero attached hydrogens (tertiary/aromatic N) is 1. The molecule has 0 radical (unpaired) electrons. The summed E-state index contributed by atoms with van der Waals surface area (Å²) in [6, 6.07) is 14.3. The highest BCUT2D eigenvalue weighted by Crippen LogP contribution is 2.39. The van der Waals surface area contributed by atoms with Gasteiger partial charge in [0.05, 0.1) is 30.2 Å². The zero-order chi connectivity index (χ0) is 18.3. The average molecular weight is 474 g/mol. The van der Waals surface area contributed by atoms with Gasteiger partial charge in [-0.05, 0) is 32.1 Å². The Morgan fingerprint density at radius 2 is 1.89 bits per heavy atom. The predicted octanol–water partition coefficient (Wildman–Crippen LogP) is 2.01. The second kappa shape index (κ2) is 7.38. The second-order valence-electron chi connectivity index (χ2n) is 7.06. The summed E-state index contributed by atoms with van der Waals surface area (Å²) in [7, 11) is 3.80. The van der Waals surface area contributed by atoms with Crippen LogP contribution in [0, 0.1) is 0 Å². The molecule has 1 aromatic carbocycles. The molecule has 4 rings (SSSR count). The van der Waals surface area contributed by atoms with E-state index in [0.717, 1.165) is 22.9 Å². The summed E-state index contributed by atoms with van der Waals surface area (Å²) in [5, 5.41) is 0. The molecule has 1 aliphatic heterocycles. The summed E-state index contributed by atoms with van der Waals surface area (Å²) < 4.78 is 13.3. The smallest absolute Gasteiger partial charge is 0.209 e. The van der Waals surface area contributed by atoms with Gasteiger partial charge in [-0.2, -0.15) is 4.58 Å². The monoisotopic (exact) mass is 474 g/mol. The summed E-state index contributed by atoms with van der Waals surface area (Å²) in [4.78, 5) is 3.39. The van der Waals surface area contributed by atoms with Crippen molar-refractivity contribution in [2.45, 2.75) is 19.3 Å². The lowest BCUT2D eigenvalue weighted by Gasteiger charge is -2.15. The van der Waals surface area contributed by atoms with Crippen molar-refractivity contribution in [1.82, 2.24) is 4.98 Å². The van der Waals surface area contributed by atoms with Gasteiger partial charge in [-0.1, -0.05) is 18.2 Å². The van der Waals surface area contributed by atoms with Crippen LogP contribution in [0.1, 0.15) is 25.1 Å². The topological polar surface area (TPSA) is 41.2 Å². The van der Waals surface area contributed by atoms with E-state index in [2.05, 4.69) is 66.9 Å². The van der Waals surface area contributed by atoms with Gasteiger partial charge in [0.2, 0.25) is 5.69 Å². The molecule has 27 heavy (non-hydrogen) atoms. The summed E-state index contributed by atoms with van der Waals surface area (Å²) in [5.74, 6) is 1.59. The van der Waals surface area contributed by atoms with Crippen molar-refractivity contribution < 1.29 is 37.7 Å². The first-order chi connectivity index (χ1) is 12.5. The highest BCUT2D eigenvalue weighted by Gasteiger charge is 2.42. The van der Waals surface area contributed by atoms with Crippen molar-refractivity contribution in [1.29, 1.82) is 0 Å².